The molecule has 0 aromatic rings. The van der Waals surface area contributed by atoms with Crippen LogP contribution in [0.15, 0.2) is 23.8 Å². The summed E-state index contributed by atoms with van der Waals surface area (Å²) >= 11 is 0. The maximum absolute atomic E-state index is 13.4. The monoisotopic (exact) mass is 151 g/mol. The van der Waals surface area contributed by atoms with Crippen molar-refractivity contribution in [1.29, 1.82) is 5.26 Å². The Balaban J connectivity index is 2.73. The number of hydrogen-bond donors (Lipinski definition) is 0. The average molecular weight is 151 g/mol. The molecule has 0 radical (unpaired) electrons. The van der Waals surface area contributed by atoms with Crippen molar-refractivity contribution in [3.05, 3.63) is 23.8 Å². The van der Waals surface area contributed by atoms with Gasteiger partial charge in [-0.25, -0.2) is 4.39 Å². The van der Waals surface area contributed by atoms with E-state index >= 15 is 0 Å². The van der Waals surface area contributed by atoms with Crippen LogP contribution in [0.4, 0.5) is 4.39 Å². The zero-order chi connectivity index (χ0) is 8.32. The van der Waals surface area contributed by atoms with Crippen molar-refractivity contribution in [3.63, 3.8) is 0 Å². The molecular weight excluding hydrogens is 141 g/mol. The number of alkyl halides is 1. The molecule has 1 atom stereocenters. The first kappa shape index (κ1) is 8.00. The van der Waals surface area contributed by atoms with E-state index < -0.39 is 5.67 Å². The van der Waals surface area contributed by atoms with E-state index in [1.54, 1.807) is 19.1 Å². The molecule has 0 aromatic heterocycles. The number of halogens is 1. The van der Waals surface area contributed by atoms with Gasteiger partial charge in [-0.05, 0) is 18.6 Å². The van der Waals surface area contributed by atoms with Crippen molar-refractivity contribution < 1.29 is 4.39 Å². The van der Waals surface area contributed by atoms with Crippen LogP contribution in [-0.4, -0.2) is 5.67 Å². The summed E-state index contributed by atoms with van der Waals surface area (Å²) < 4.78 is 13.4. The molecule has 0 heterocycles. The van der Waals surface area contributed by atoms with Gasteiger partial charge in [0, 0.05) is 12.0 Å². The highest BCUT2D eigenvalue weighted by Crippen LogP contribution is 2.27. The Morgan fingerprint density at radius 2 is 2.55 bits per heavy atom. The van der Waals surface area contributed by atoms with Crippen LogP contribution in [0.25, 0.3) is 0 Å². The summed E-state index contributed by atoms with van der Waals surface area (Å²) in [5.41, 5.74) is -0.646. The normalized spacial score (nSPS) is 29.4. The van der Waals surface area contributed by atoms with E-state index in [9.17, 15) is 4.39 Å². The first-order valence-corrected chi connectivity index (χ1v) is 3.68. The molecule has 0 N–H and O–H groups in total. The van der Waals surface area contributed by atoms with Gasteiger partial charge in [-0.1, -0.05) is 13.0 Å². The topological polar surface area (TPSA) is 23.8 Å². The molecule has 1 nitrogen and oxygen atoms in total. The van der Waals surface area contributed by atoms with Gasteiger partial charge < -0.3 is 0 Å². The Hall–Kier alpha value is -1.10. The lowest BCUT2D eigenvalue weighted by Gasteiger charge is -2.20. The zero-order valence-electron chi connectivity index (χ0n) is 6.47. The fraction of sp³-hybridized carbons (Fsp3) is 0.444. The SMILES string of the molecule is CCC1(F)C=CC(C#N)=CC1. The Bertz CT molecular complexity index is 247. The number of rotatable bonds is 1. The Kier molecular flexibility index (Phi) is 2.09. The summed E-state index contributed by atoms with van der Waals surface area (Å²) in [5, 5.41) is 8.44. The van der Waals surface area contributed by atoms with Gasteiger partial charge in [0.05, 0.1) is 6.07 Å². The summed E-state index contributed by atoms with van der Waals surface area (Å²) in [6.07, 6.45) is 5.48. The van der Waals surface area contributed by atoms with Crippen LogP contribution in [0, 0.1) is 11.3 Å². The van der Waals surface area contributed by atoms with E-state index in [1.807, 2.05) is 6.07 Å². The minimum Gasteiger partial charge on any atom is -0.239 e. The average Bonchev–Trinajstić information content (AvgIpc) is 2.06. The molecule has 0 saturated heterocycles. The fourth-order valence-electron chi connectivity index (χ4n) is 1.000. The van der Waals surface area contributed by atoms with E-state index in [0.717, 1.165) is 0 Å². The Morgan fingerprint density at radius 3 is 2.91 bits per heavy atom. The maximum atomic E-state index is 13.4. The van der Waals surface area contributed by atoms with Gasteiger partial charge in [0.15, 0.2) is 0 Å². The minimum absolute atomic E-state index is 0.336. The molecule has 0 bridgehead atoms. The number of nitrogens with zero attached hydrogens (tertiary/aromatic N) is 1. The molecule has 2 heteroatoms. The molecule has 0 aliphatic heterocycles. The molecule has 11 heavy (non-hydrogen) atoms. The highest BCUT2D eigenvalue weighted by molar-refractivity contribution is 5.37. The van der Waals surface area contributed by atoms with Crippen molar-refractivity contribution in [2.24, 2.45) is 0 Å². The predicted octanol–water partition coefficient (Wildman–Crippen LogP) is 2.51. The van der Waals surface area contributed by atoms with Crippen LogP contribution in [0.2, 0.25) is 0 Å². The molecule has 1 aliphatic rings. The zero-order valence-corrected chi connectivity index (χ0v) is 6.47. The van der Waals surface area contributed by atoms with E-state index in [-0.39, 0.29) is 0 Å². The fourth-order valence-corrected chi connectivity index (χ4v) is 1.000. The van der Waals surface area contributed by atoms with Gasteiger partial charge in [-0.3, -0.25) is 0 Å². The van der Waals surface area contributed by atoms with Crippen LogP contribution in [0.1, 0.15) is 19.8 Å². The second kappa shape index (κ2) is 2.87. The summed E-state index contributed by atoms with van der Waals surface area (Å²) in [5.74, 6) is 0. The number of hydrogen-bond acceptors (Lipinski definition) is 1. The first-order valence-electron chi connectivity index (χ1n) is 3.68. The highest BCUT2D eigenvalue weighted by atomic mass is 19.1. The number of nitriles is 1. The lowest BCUT2D eigenvalue weighted by molar-refractivity contribution is 0.223. The molecular formula is C9H10FN. The summed E-state index contributed by atoms with van der Waals surface area (Å²) in [6.45, 7) is 1.80. The summed E-state index contributed by atoms with van der Waals surface area (Å²) in [7, 11) is 0. The third-order valence-corrected chi connectivity index (χ3v) is 1.94. The second-order valence-corrected chi connectivity index (χ2v) is 2.70. The molecule has 0 aromatic carbocycles. The van der Waals surface area contributed by atoms with Crippen molar-refractivity contribution in [2.75, 3.05) is 0 Å². The molecule has 0 saturated carbocycles. The first-order chi connectivity index (χ1) is 5.20. The van der Waals surface area contributed by atoms with Crippen LogP contribution in [-0.2, 0) is 0 Å². The molecule has 0 spiro atoms. The van der Waals surface area contributed by atoms with Gasteiger partial charge in [0.1, 0.15) is 5.67 Å². The lowest BCUT2D eigenvalue weighted by atomic mass is 9.92. The van der Waals surface area contributed by atoms with E-state index in [1.165, 1.54) is 6.08 Å². The predicted molar refractivity (Wildman–Crippen MR) is 41.6 cm³/mol. The van der Waals surface area contributed by atoms with Crippen LogP contribution in [0.5, 0.6) is 0 Å². The molecule has 58 valence electrons. The molecule has 0 fully saturated rings. The van der Waals surface area contributed by atoms with Gasteiger partial charge in [-0.15, -0.1) is 0 Å². The van der Waals surface area contributed by atoms with Gasteiger partial charge in [0.25, 0.3) is 0 Å². The van der Waals surface area contributed by atoms with Crippen molar-refractivity contribution >= 4 is 0 Å². The largest absolute Gasteiger partial charge is 0.239 e. The standard InChI is InChI=1S/C9H10FN/c1-2-9(10)5-3-8(7-11)4-6-9/h3-5H,2,6H2,1H3. The Labute approximate surface area is 65.8 Å². The van der Waals surface area contributed by atoms with Crippen LogP contribution >= 0.6 is 0 Å². The summed E-state index contributed by atoms with van der Waals surface area (Å²) in [4.78, 5) is 0. The third-order valence-electron chi connectivity index (χ3n) is 1.94. The quantitative estimate of drug-likeness (QED) is 0.565. The van der Waals surface area contributed by atoms with Crippen molar-refractivity contribution in [1.82, 2.24) is 0 Å². The molecule has 1 aliphatic carbocycles. The van der Waals surface area contributed by atoms with Crippen LogP contribution < -0.4 is 0 Å². The van der Waals surface area contributed by atoms with E-state index in [2.05, 4.69) is 0 Å². The Morgan fingerprint density at radius 1 is 1.82 bits per heavy atom. The minimum atomic E-state index is -1.21. The van der Waals surface area contributed by atoms with Gasteiger partial charge >= 0.3 is 0 Å². The van der Waals surface area contributed by atoms with Gasteiger partial charge in [-0.2, -0.15) is 5.26 Å². The maximum Gasteiger partial charge on any atom is 0.132 e. The third kappa shape index (κ3) is 1.68. The van der Waals surface area contributed by atoms with Crippen molar-refractivity contribution in [3.8, 4) is 6.07 Å². The van der Waals surface area contributed by atoms with E-state index in [0.29, 0.717) is 18.4 Å². The smallest absolute Gasteiger partial charge is 0.132 e. The number of allylic oxidation sites excluding steroid dienone is 4. The second-order valence-electron chi connectivity index (χ2n) is 2.70. The van der Waals surface area contributed by atoms with Gasteiger partial charge in [0.2, 0.25) is 0 Å². The highest BCUT2D eigenvalue weighted by Gasteiger charge is 2.24. The molecule has 0 amide bonds. The van der Waals surface area contributed by atoms with Crippen molar-refractivity contribution in [2.45, 2.75) is 25.4 Å². The van der Waals surface area contributed by atoms with Crippen LogP contribution in [0.3, 0.4) is 0 Å². The molecule has 1 rings (SSSR count). The van der Waals surface area contributed by atoms with E-state index in [4.69, 9.17) is 5.26 Å². The summed E-state index contributed by atoms with van der Waals surface area (Å²) in [6, 6.07) is 1.97. The molecule has 1 unspecified atom stereocenters. The lowest BCUT2D eigenvalue weighted by Crippen LogP contribution is -2.19.